The van der Waals surface area contributed by atoms with Gasteiger partial charge in [-0.05, 0) is 28.0 Å². The molecule has 3 aromatic rings. The van der Waals surface area contributed by atoms with Crippen LogP contribution in [0.15, 0.2) is 72.8 Å². The molecule has 1 fully saturated rings. The first-order valence-corrected chi connectivity index (χ1v) is 8.32. The van der Waals surface area contributed by atoms with Crippen LogP contribution in [-0.2, 0) is 16.1 Å². The van der Waals surface area contributed by atoms with Crippen LogP contribution in [0.3, 0.4) is 0 Å². The van der Waals surface area contributed by atoms with Crippen molar-refractivity contribution in [3.63, 3.8) is 0 Å². The summed E-state index contributed by atoms with van der Waals surface area (Å²) in [5, 5.41) is 4.89. The number of carbonyl (C=O) groups excluding carboxylic acids is 2. The Labute approximate surface area is 146 Å². The second kappa shape index (κ2) is 6.40. The molecule has 0 saturated carbocycles. The molecule has 4 nitrogen and oxygen atoms in total. The van der Waals surface area contributed by atoms with Crippen LogP contribution < -0.4 is 5.32 Å². The number of hydrogen-bond acceptors (Lipinski definition) is 2. The monoisotopic (exact) mass is 330 g/mol. The Kier molecular flexibility index (Phi) is 3.94. The number of fused-ring (bicyclic) bond motifs is 1. The number of nitrogens with zero attached hydrogens (tertiary/aromatic N) is 1. The maximum absolute atomic E-state index is 12.6. The Balaban J connectivity index is 1.74. The number of hydrogen-bond donors (Lipinski definition) is 1. The molecule has 1 unspecified atom stereocenters. The highest BCUT2D eigenvalue weighted by molar-refractivity contribution is 5.96. The van der Waals surface area contributed by atoms with Crippen molar-refractivity contribution in [2.24, 2.45) is 0 Å². The van der Waals surface area contributed by atoms with E-state index in [0.29, 0.717) is 6.54 Å². The van der Waals surface area contributed by atoms with E-state index in [1.807, 2.05) is 72.8 Å². The number of rotatable bonds is 3. The Morgan fingerprint density at radius 3 is 2.40 bits per heavy atom. The number of benzene rings is 3. The molecule has 2 amide bonds. The molecule has 1 atom stereocenters. The predicted molar refractivity (Wildman–Crippen MR) is 96.7 cm³/mol. The summed E-state index contributed by atoms with van der Waals surface area (Å²) in [5.74, 6) is -0.201. The topological polar surface area (TPSA) is 49.4 Å². The van der Waals surface area contributed by atoms with E-state index in [1.165, 1.54) is 0 Å². The van der Waals surface area contributed by atoms with Gasteiger partial charge >= 0.3 is 0 Å². The first-order valence-electron chi connectivity index (χ1n) is 8.32. The number of carbonyl (C=O) groups is 2. The van der Waals surface area contributed by atoms with Crippen LogP contribution in [0.1, 0.15) is 17.2 Å². The van der Waals surface area contributed by atoms with E-state index in [0.717, 1.165) is 21.9 Å². The fourth-order valence-corrected chi connectivity index (χ4v) is 3.32. The molecule has 1 saturated heterocycles. The lowest BCUT2D eigenvalue weighted by atomic mass is 9.98. The second-order valence-electron chi connectivity index (χ2n) is 6.23. The SMILES string of the molecule is O=C1NCC(=O)N(Cc2ccccc2)C1c1ccc2ccccc2c1. The van der Waals surface area contributed by atoms with Crippen LogP contribution in [0.5, 0.6) is 0 Å². The van der Waals surface area contributed by atoms with E-state index in [1.54, 1.807) is 4.90 Å². The lowest BCUT2D eigenvalue weighted by Crippen LogP contribution is -2.53. The van der Waals surface area contributed by atoms with Crippen molar-refractivity contribution in [2.75, 3.05) is 6.54 Å². The Bertz CT molecular complexity index is 937. The van der Waals surface area contributed by atoms with Gasteiger partial charge in [0.25, 0.3) is 0 Å². The molecule has 1 heterocycles. The third-order valence-electron chi connectivity index (χ3n) is 4.58. The van der Waals surface area contributed by atoms with Gasteiger partial charge in [0, 0.05) is 6.54 Å². The molecule has 25 heavy (non-hydrogen) atoms. The minimum atomic E-state index is -0.605. The largest absolute Gasteiger partial charge is 0.345 e. The van der Waals surface area contributed by atoms with Gasteiger partial charge in [0.05, 0.1) is 6.54 Å². The Morgan fingerprint density at radius 1 is 0.880 bits per heavy atom. The molecule has 3 aromatic carbocycles. The van der Waals surface area contributed by atoms with Crippen molar-refractivity contribution in [2.45, 2.75) is 12.6 Å². The Morgan fingerprint density at radius 2 is 1.60 bits per heavy atom. The van der Waals surface area contributed by atoms with Gasteiger partial charge in [-0.25, -0.2) is 0 Å². The van der Waals surface area contributed by atoms with E-state index in [9.17, 15) is 9.59 Å². The molecule has 0 spiro atoms. The number of nitrogens with one attached hydrogen (secondary N) is 1. The van der Waals surface area contributed by atoms with Crippen molar-refractivity contribution in [1.82, 2.24) is 10.2 Å². The van der Waals surface area contributed by atoms with Crippen LogP contribution in [0.25, 0.3) is 10.8 Å². The van der Waals surface area contributed by atoms with Gasteiger partial charge < -0.3 is 10.2 Å². The van der Waals surface area contributed by atoms with Crippen LogP contribution in [0, 0.1) is 0 Å². The normalized spacial score (nSPS) is 17.6. The molecule has 0 radical (unpaired) electrons. The average Bonchev–Trinajstić information content (AvgIpc) is 2.65. The fourth-order valence-electron chi connectivity index (χ4n) is 3.32. The molecular formula is C21H18N2O2. The first-order chi connectivity index (χ1) is 12.2. The molecule has 0 aliphatic carbocycles. The van der Waals surface area contributed by atoms with Gasteiger partial charge in [-0.3, -0.25) is 9.59 Å². The van der Waals surface area contributed by atoms with Crippen molar-refractivity contribution >= 4 is 22.6 Å². The first kappa shape index (κ1) is 15.4. The zero-order valence-electron chi connectivity index (χ0n) is 13.7. The summed E-state index contributed by atoms with van der Waals surface area (Å²) in [6.45, 7) is 0.473. The molecule has 4 heteroatoms. The molecule has 0 aromatic heterocycles. The van der Waals surface area contributed by atoms with E-state index in [2.05, 4.69) is 5.32 Å². The van der Waals surface area contributed by atoms with E-state index >= 15 is 0 Å². The molecule has 1 aliphatic rings. The van der Waals surface area contributed by atoms with Crippen molar-refractivity contribution in [1.29, 1.82) is 0 Å². The van der Waals surface area contributed by atoms with Gasteiger partial charge in [-0.2, -0.15) is 0 Å². The number of piperazine rings is 1. The van der Waals surface area contributed by atoms with Gasteiger partial charge in [-0.1, -0.05) is 66.7 Å². The highest BCUT2D eigenvalue weighted by Gasteiger charge is 2.35. The number of amides is 2. The molecule has 4 rings (SSSR count). The van der Waals surface area contributed by atoms with Crippen molar-refractivity contribution in [3.05, 3.63) is 83.9 Å². The molecular weight excluding hydrogens is 312 g/mol. The smallest absolute Gasteiger partial charge is 0.247 e. The summed E-state index contributed by atoms with van der Waals surface area (Å²) >= 11 is 0. The summed E-state index contributed by atoms with van der Waals surface area (Å²) in [4.78, 5) is 26.7. The maximum atomic E-state index is 12.6. The second-order valence-corrected chi connectivity index (χ2v) is 6.23. The van der Waals surface area contributed by atoms with Crippen LogP contribution in [0.4, 0.5) is 0 Å². The quantitative estimate of drug-likeness (QED) is 0.802. The lowest BCUT2D eigenvalue weighted by molar-refractivity contribution is -0.146. The summed E-state index contributed by atoms with van der Waals surface area (Å²) in [6, 6.07) is 23.1. The van der Waals surface area contributed by atoms with Crippen LogP contribution in [0.2, 0.25) is 0 Å². The van der Waals surface area contributed by atoms with E-state index in [-0.39, 0.29) is 18.4 Å². The summed E-state index contributed by atoms with van der Waals surface area (Å²) in [6.07, 6.45) is 0. The lowest BCUT2D eigenvalue weighted by Gasteiger charge is -2.35. The average molecular weight is 330 g/mol. The highest BCUT2D eigenvalue weighted by Crippen LogP contribution is 2.28. The predicted octanol–water partition coefficient (Wildman–Crippen LogP) is 3.04. The van der Waals surface area contributed by atoms with Gasteiger partial charge in [0.15, 0.2) is 0 Å². The van der Waals surface area contributed by atoms with Gasteiger partial charge in [0.2, 0.25) is 11.8 Å². The van der Waals surface area contributed by atoms with Crippen LogP contribution >= 0.6 is 0 Å². The minimum Gasteiger partial charge on any atom is -0.345 e. The third-order valence-corrected chi connectivity index (χ3v) is 4.58. The van der Waals surface area contributed by atoms with Gasteiger partial charge in [0.1, 0.15) is 6.04 Å². The summed E-state index contributed by atoms with van der Waals surface area (Å²) in [5.41, 5.74) is 1.84. The fraction of sp³-hybridized carbons (Fsp3) is 0.143. The minimum absolute atomic E-state index is 0.0513. The maximum Gasteiger partial charge on any atom is 0.247 e. The Hall–Kier alpha value is -3.14. The van der Waals surface area contributed by atoms with Crippen LogP contribution in [-0.4, -0.2) is 23.3 Å². The van der Waals surface area contributed by atoms with E-state index in [4.69, 9.17) is 0 Å². The molecule has 1 aliphatic heterocycles. The van der Waals surface area contributed by atoms with Crippen molar-refractivity contribution in [3.8, 4) is 0 Å². The summed E-state index contributed by atoms with van der Waals surface area (Å²) < 4.78 is 0. The zero-order chi connectivity index (χ0) is 17.2. The standard InChI is InChI=1S/C21H18N2O2/c24-19-13-22-21(25)20(23(19)14-15-6-2-1-3-7-15)18-11-10-16-8-4-5-9-17(16)12-18/h1-12,20H,13-14H2,(H,22,25). The van der Waals surface area contributed by atoms with E-state index < -0.39 is 6.04 Å². The van der Waals surface area contributed by atoms with Crippen molar-refractivity contribution < 1.29 is 9.59 Å². The molecule has 124 valence electrons. The molecule has 0 bridgehead atoms. The van der Waals surface area contributed by atoms with Gasteiger partial charge in [-0.15, -0.1) is 0 Å². The zero-order valence-corrected chi connectivity index (χ0v) is 13.7. The third kappa shape index (κ3) is 2.98. The molecule has 1 N–H and O–H groups in total. The summed E-state index contributed by atoms with van der Waals surface area (Å²) in [7, 11) is 0. The highest BCUT2D eigenvalue weighted by atomic mass is 16.2.